The molecule has 0 unspecified atom stereocenters. The number of fused-ring (bicyclic) bond motifs is 1. The van der Waals surface area contributed by atoms with Crippen LogP contribution in [0.1, 0.15) is 13.3 Å². The third kappa shape index (κ3) is 1.79. The van der Waals surface area contributed by atoms with E-state index >= 15 is 0 Å². The van der Waals surface area contributed by atoms with Crippen LogP contribution in [0.4, 0.5) is 0 Å². The number of hydrogen-bond donors (Lipinski definition) is 0. The summed E-state index contributed by atoms with van der Waals surface area (Å²) in [6.07, 6.45) is 4.27. The lowest BCUT2D eigenvalue weighted by Crippen LogP contribution is -1.98. The zero-order chi connectivity index (χ0) is 9.80. The van der Waals surface area contributed by atoms with Crippen LogP contribution < -0.4 is 4.74 Å². The maximum absolute atomic E-state index is 5.36. The third-order valence-corrected chi connectivity index (χ3v) is 1.75. The average Bonchev–Trinajstić information content (AvgIpc) is 2.26. The van der Waals surface area contributed by atoms with Gasteiger partial charge >= 0.3 is 0 Å². The Morgan fingerprint density at radius 3 is 3.14 bits per heavy atom. The topological polar surface area (TPSA) is 47.9 Å². The van der Waals surface area contributed by atoms with E-state index in [1.54, 1.807) is 12.4 Å². The van der Waals surface area contributed by atoms with E-state index in [1.165, 1.54) is 0 Å². The van der Waals surface area contributed by atoms with Gasteiger partial charge in [0, 0.05) is 6.20 Å². The second-order valence-electron chi connectivity index (χ2n) is 2.90. The Kier molecular flexibility index (Phi) is 2.53. The van der Waals surface area contributed by atoms with Crippen LogP contribution in [-0.2, 0) is 0 Å². The molecule has 4 nitrogen and oxygen atoms in total. The Morgan fingerprint density at radius 2 is 2.29 bits per heavy atom. The minimum absolute atomic E-state index is 0.562. The predicted octanol–water partition coefficient (Wildman–Crippen LogP) is 1.81. The van der Waals surface area contributed by atoms with Gasteiger partial charge in [-0.3, -0.25) is 0 Å². The number of rotatable bonds is 3. The molecule has 4 heteroatoms. The molecule has 0 bridgehead atoms. The largest absolute Gasteiger partial charge is 0.477 e. The molecule has 0 radical (unpaired) electrons. The minimum atomic E-state index is 0.562. The molecule has 2 rings (SSSR count). The van der Waals surface area contributed by atoms with Crippen LogP contribution in [0.15, 0.2) is 24.5 Å². The third-order valence-electron chi connectivity index (χ3n) is 1.75. The molecule has 0 spiro atoms. The first-order chi connectivity index (χ1) is 6.90. The van der Waals surface area contributed by atoms with Crippen molar-refractivity contribution in [1.29, 1.82) is 0 Å². The maximum Gasteiger partial charge on any atom is 0.233 e. The summed E-state index contributed by atoms with van der Waals surface area (Å²) in [5, 5.41) is 0. The van der Waals surface area contributed by atoms with Crippen molar-refractivity contribution in [2.75, 3.05) is 6.61 Å². The molecule has 0 fully saturated rings. The first-order valence-corrected chi connectivity index (χ1v) is 4.60. The summed E-state index contributed by atoms with van der Waals surface area (Å²) in [4.78, 5) is 12.5. The molecule has 0 saturated heterocycles. The van der Waals surface area contributed by atoms with Crippen molar-refractivity contribution in [3.63, 3.8) is 0 Å². The fourth-order valence-corrected chi connectivity index (χ4v) is 1.12. The van der Waals surface area contributed by atoms with E-state index < -0.39 is 0 Å². The van der Waals surface area contributed by atoms with Gasteiger partial charge in [0.05, 0.1) is 12.8 Å². The normalized spacial score (nSPS) is 10.4. The summed E-state index contributed by atoms with van der Waals surface area (Å²) in [5.41, 5.74) is 1.41. The highest BCUT2D eigenvalue weighted by Crippen LogP contribution is 2.10. The van der Waals surface area contributed by atoms with Crippen molar-refractivity contribution < 1.29 is 4.74 Å². The van der Waals surface area contributed by atoms with Crippen molar-refractivity contribution >= 4 is 11.2 Å². The molecule has 0 N–H and O–H groups in total. The molecule has 2 aromatic rings. The summed E-state index contributed by atoms with van der Waals surface area (Å²) in [6, 6.07) is 3.70. The number of ether oxygens (including phenoxy) is 1. The summed E-state index contributed by atoms with van der Waals surface area (Å²) in [5.74, 6) is 0.562. The lowest BCUT2D eigenvalue weighted by molar-refractivity contribution is 0.305. The van der Waals surface area contributed by atoms with Gasteiger partial charge in [-0.15, -0.1) is 0 Å². The average molecular weight is 189 g/mol. The summed E-state index contributed by atoms with van der Waals surface area (Å²) in [6.45, 7) is 2.72. The van der Waals surface area contributed by atoms with Gasteiger partial charge in [-0.2, -0.15) is 0 Å². The smallest absolute Gasteiger partial charge is 0.233 e. The van der Waals surface area contributed by atoms with E-state index in [9.17, 15) is 0 Å². The van der Waals surface area contributed by atoms with Crippen LogP contribution in [0.2, 0.25) is 0 Å². The van der Waals surface area contributed by atoms with Gasteiger partial charge in [0.15, 0.2) is 5.65 Å². The van der Waals surface area contributed by atoms with Gasteiger partial charge in [0.1, 0.15) is 5.52 Å². The molecule has 0 atom stereocenters. The van der Waals surface area contributed by atoms with Gasteiger partial charge in [0.25, 0.3) is 0 Å². The molecule has 0 saturated carbocycles. The van der Waals surface area contributed by atoms with Crippen molar-refractivity contribution in [3.05, 3.63) is 24.5 Å². The Labute approximate surface area is 82.0 Å². The fraction of sp³-hybridized carbons (Fsp3) is 0.300. The van der Waals surface area contributed by atoms with Gasteiger partial charge in [-0.05, 0) is 18.6 Å². The monoisotopic (exact) mass is 189 g/mol. The SMILES string of the molecule is CCCOc1cnc2ncccc2n1. The molecule has 14 heavy (non-hydrogen) atoms. The molecular formula is C10H11N3O. The Balaban J connectivity index is 2.32. The van der Waals surface area contributed by atoms with Crippen molar-refractivity contribution in [2.24, 2.45) is 0 Å². The van der Waals surface area contributed by atoms with E-state index in [-0.39, 0.29) is 0 Å². The molecule has 0 aliphatic carbocycles. The summed E-state index contributed by atoms with van der Waals surface area (Å²) < 4.78 is 5.36. The van der Waals surface area contributed by atoms with Crippen LogP contribution in [-0.4, -0.2) is 21.6 Å². The predicted molar refractivity (Wildman–Crippen MR) is 53.1 cm³/mol. The van der Waals surface area contributed by atoms with Crippen LogP contribution in [0.25, 0.3) is 11.2 Å². The Hall–Kier alpha value is -1.71. The maximum atomic E-state index is 5.36. The fourth-order valence-electron chi connectivity index (χ4n) is 1.12. The van der Waals surface area contributed by atoms with Gasteiger partial charge in [0.2, 0.25) is 5.88 Å². The lowest BCUT2D eigenvalue weighted by Gasteiger charge is -2.02. The van der Waals surface area contributed by atoms with Crippen molar-refractivity contribution in [1.82, 2.24) is 15.0 Å². The zero-order valence-corrected chi connectivity index (χ0v) is 7.97. The molecule has 2 heterocycles. The molecular weight excluding hydrogens is 178 g/mol. The standard InChI is InChI=1S/C10H11N3O/c1-2-6-14-9-7-12-10-8(13-9)4-3-5-11-10/h3-5,7H,2,6H2,1H3. The van der Waals surface area contributed by atoms with Crippen LogP contribution in [0, 0.1) is 0 Å². The molecule has 0 aliphatic heterocycles. The highest BCUT2D eigenvalue weighted by Gasteiger charge is 1.99. The molecule has 0 aromatic carbocycles. The van der Waals surface area contributed by atoms with Gasteiger partial charge < -0.3 is 4.74 Å². The van der Waals surface area contributed by atoms with E-state index in [1.807, 2.05) is 12.1 Å². The van der Waals surface area contributed by atoms with Crippen molar-refractivity contribution in [3.8, 4) is 5.88 Å². The van der Waals surface area contributed by atoms with E-state index in [2.05, 4.69) is 21.9 Å². The molecule has 0 amide bonds. The van der Waals surface area contributed by atoms with Crippen LogP contribution in [0.5, 0.6) is 5.88 Å². The zero-order valence-electron chi connectivity index (χ0n) is 7.97. The first kappa shape index (κ1) is 8.87. The highest BCUT2D eigenvalue weighted by molar-refractivity contribution is 5.69. The second kappa shape index (κ2) is 4.00. The Morgan fingerprint density at radius 1 is 1.36 bits per heavy atom. The summed E-state index contributed by atoms with van der Waals surface area (Å²) >= 11 is 0. The number of hydrogen-bond acceptors (Lipinski definition) is 4. The van der Waals surface area contributed by atoms with E-state index in [0.717, 1.165) is 11.9 Å². The first-order valence-electron chi connectivity index (χ1n) is 4.60. The number of pyridine rings is 1. The minimum Gasteiger partial charge on any atom is -0.477 e. The van der Waals surface area contributed by atoms with E-state index in [4.69, 9.17) is 4.74 Å². The second-order valence-corrected chi connectivity index (χ2v) is 2.90. The van der Waals surface area contributed by atoms with Crippen LogP contribution >= 0.6 is 0 Å². The van der Waals surface area contributed by atoms with Crippen LogP contribution in [0.3, 0.4) is 0 Å². The summed E-state index contributed by atoms with van der Waals surface area (Å²) in [7, 11) is 0. The lowest BCUT2D eigenvalue weighted by atomic mass is 10.4. The number of nitrogens with zero attached hydrogens (tertiary/aromatic N) is 3. The molecule has 2 aromatic heterocycles. The Bertz CT molecular complexity index is 430. The van der Waals surface area contributed by atoms with E-state index in [0.29, 0.717) is 18.1 Å². The van der Waals surface area contributed by atoms with Gasteiger partial charge in [-0.25, -0.2) is 15.0 Å². The quantitative estimate of drug-likeness (QED) is 0.738. The highest BCUT2D eigenvalue weighted by atomic mass is 16.5. The molecule has 0 aliphatic rings. The van der Waals surface area contributed by atoms with Crippen molar-refractivity contribution in [2.45, 2.75) is 13.3 Å². The molecule has 72 valence electrons. The number of aromatic nitrogens is 3. The van der Waals surface area contributed by atoms with Gasteiger partial charge in [-0.1, -0.05) is 6.92 Å².